The summed E-state index contributed by atoms with van der Waals surface area (Å²) in [4.78, 5) is 0. The number of thiophene rings is 1. The molecule has 0 N–H and O–H groups in total. The molecule has 2 nitrogen and oxygen atoms in total. The van der Waals surface area contributed by atoms with Crippen molar-refractivity contribution in [1.29, 1.82) is 0 Å². The summed E-state index contributed by atoms with van der Waals surface area (Å²) in [5.41, 5.74) is 26.2. The summed E-state index contributed by atoms with van der Waals surface area (Å²) in [6.07, 6.45) is 0. The molecule has 19 aromatic rings. The van der Waals surface area contributed by atoms with Crippen LogP contribution in [0.25, 0.3) is 124 Å². The number of nitrogens with zero attached hydrogens (tertiary/aromatic N) is 1. The van der Waals surface area contributed by atoms with Crippen molar-refractivity contribution in [3.8, 4) is 16.8 Å². The van der Waals surface area contributed by atoms with E-state index in [0.29, 0.717) is 0 Å². The second kappa shape index (κ2) is 31.8. The van der Waals surface area contributed by atoms with E-state index in [9.17, 15) is 17.6 Å². The zero-order valence-electron chi connectivity index (χ0n) is 66.8. The highest BCUT2D eigenvalue weighted by Gasteiger charge is 2.35. The van der Waals surface area contributed by atoms with Crippen molar-refractivity contribution in [1.82, 2.24) is 4.57 Å². The van der Waals surface area contributed by atoms with E-state index < -0.39 is 34.4 Å². The van der Waals surface area contributed by atoms with Gasteiger partial charge in [0, 0.05) is 63.9 Å². The van der Waals surface area contributed by atoms with Crippen LogP contribution in [-0.4, -0.2) is 4.57 Å². The Balaban J connectivity index is 0.000000109. The molecule has 112 heavy (non-hydrogen) atoms. The van der Waals surface area contributed by atoms with Crippen molar-refractivity contribution < 1.29 is 22.0 Å². The van der Waals surface area contributed by atoms with Crippen LogP contribution in [0.4, 0.5) is 17.6 Å². The smallest absolute Gasteiger partial charge is 0.165 e. The van der Waals surface area contributed by atoms with Crippen LogP contribution in [0.3, 0.4) is 0 Å². The lowest BCUT2D eigenvalue weighted by molar-refractivity contribution is 0.436. The Bertz CT molecular complexity index is 6260. The Morgan fingerprint density at radius 1 is 0.259 bits per heavy atom. The number of aryl methyl sites for hydroxylation is 12. The fraction of sp³-hybridized carbons (Fsp3) is 0.162. The number of benzene rings is 16. The fourth-order valence-corrected chi connectivity index (χ4v) is 17.1. The minimum absolute atomic E-state index is 0.142. The molecule has 0 aliphatic heterocycles. The molecular formula is C105H93F4NOS. The van der Waals surface area contributed by atoms with Crippen molar-refractivity contribution in [3.63, 3.8) is 0 Å². The van der Waals surface area contributed by atoms with Gasteiger partial charge in [-0.1, -0.05) is 260 Å². The van der Waals surface area contributed by atoms with Crippen molar-refractivity contribution in [2.45, 2.75) is 116 Å². The predicted molar refractivity (Wildman–Crippen MR) is 473 cm³/mol. The molecular weight excluding hydrogens is 1400 g/mol. The first kappa shape index (κ1) is 76.9. The maximum atomic E-state index is 12.7. The lowest BCUT2D eigenvalue weighted by Gasteiger charge is -2.22. The van der Waals surface area contributed by atoms with Crippen molar-refractivity contribution in [3.05, 3.63) is 385 Å². The summed E-state index contributed by atoms with van der Waals surface area (Å²) in [6, 6.07) is 98.8. The van der Waals surface area contributed by atoms with Gasteiger partial charge < -0.3 is 8.98 Å². The zero-order chi connectivity index (χ0) is 79.1. The SMILES string of the molecule is Cc1c(F)c(F)c(C)c(F)c1F.Cc1c2ccccc2c(C)c2ccccc12.Cc1ccc2c(c1)C(C)(C)c1cc(C)ccc1-2.Cc1ccc2c(c1)c1ccc(C)cc1n2-c1ccccc1.Cc1ccc2c(c1)oc1cc(C)ccc12.Cc1ccc2c(c1)sc1cc(C)ccc12.Cc1ccc2c(ccc3cc(C)ccc32)c1. The van der Waals surface area contributed by atoms with E-state index in [2.05, 4.69) is 374 Å². The largest absolute Gasteiger partial charge is 0.456 e. The van der Waals surface area contributed by atoms with E-state index >= 15 is 0 Å². The minimum Gasteiger partial charge on any atom is -0.456 e. The van der Waals surface area contributed by atoms with E-state index in [1.165, 1.54) is 191 Å². The van der Waals surface area contributed by atoms with Gasteiger partial charge in [-0.15, -0.1) is 11.3 Å². The molecule has 7 heteroatoms. The van der Waals surface area contributed by atoms with Crippen LogP contribution in [0, 0.1) is 120 Å². The molecule has 16 aromatic carbocycles. The van der Waals surface area contributed by atoms with Crippen molar-refractivity contribution >= 4 is 118 Å². The summed E-state index contributed by atoms with van der Waals surface area (Å²) in [5, 5.41) is 18.7. The highest BCUT2D eigenvalue weighted by atomic mass is 32.1. The Kier molecular flexibility index (Phi) is 21.8. The molecule has 0 bridgehead atoms. The first-order valence-electron chi connectivity index (χ1n) is 38.3. The van der Waals surface area contributed by atoms with Crippen LogP contribution < -0.4 is 0 Å². The molecule has 0 spiro atoms. The topological polar surface area (TPSA) is 18.1 Å². The molecule has 0 unspecified atom stereocenters. The third kappa shape index (κ3) is 15.4. The first-order chi connectivity index (χ1) is 53.7. The number of fused-ring (bicyclic) bond motifs is 17. The van der Waals surface area contributed by atoms with Crippen molar-refractivity contribution in [2.75, 3.05) is 0 Å². The van der Waals surface area contributed by atoms with Gasteiger partial charge in [0.15, 0.2) is 23.3 Å². The second-order valence-electron chi connectivity index (χ2n) is 31.0. The molecule has 0 atom stereocenters. The molecule has 1 aliphatic rings. The molecule has 0 amide bonds. The maximum Gasteiger partial charge on any atom is 0.165 e. The minimum atomic E-state index is -1.33. The monoisotopic (exact) mass is 1490 g/mol. The molecule has 3 aromatic heterocycles. The van der Waals surface area contributed by atoms with Crippen LogP contribution in [0.2, 0.25) is 0 Å². The number of aromatic nitrogens is 1. The van der Waals surface area contributed by atoms with Gasteiger partial charge in [0.1, 0.15) is 11.2 Å². The van der Waals surface area contributed by atoms with Crippen LogP contribution >= 0.6 is 11.3 Å². The lowest BCUT2D eigenvalue weighted by Crippen LogP contribution is -2.15. The summed E-state index contributed by atoms with van der Waals surface area (Å²) < 4.78 is 61.6. The summed E-state index contributed by atoms with van der Waals surface area (Å²) in [5.74, 6) is -5.31. The molecule has 20 rings (SSSR count). The second-order valence-corrected chi connectivity index (χ2v) is 32.1. The van der Waals surface area contributed by atoms with Crippen LogP contribution in [0.15, 0.2) is 277 Å². The third-order valence-corrected chi connectivity index (χ3v) is 23.1. The van der Waals surface area contributed by atoms with Gasteiger partial charge >= 0.3 is 0 Å². The lowest BCUT2D eigenvalue weighted by atomic mass is 9.81. The maximum absolute atomic E-state index is 12.7. The molecule has 0 saturated carbocycles. The van der Waals surface area contributed by atoms with Gasteiger partial charge in [-0.2, -0.15) is 0 Å². The van der Waals surface area contributed by atoms with E-state index in [4.69, 9.17) is 4.42 Å². The highest BCUT2D eigenvalue weighted by Crippen LogP contribution is 2.49. The quantitative estimate of drug-likeness (QED) is 0.0693. The first-order valence-corrected chi connectivity index (χ1v) is 39.2. The average Bonchev–Trinajstić information content (AvgIpc) is 1.59. The average molecular weight is 1490 g/mol. The van der Waals surface area contributed by atoms with Crippen LogP contribution in [0.5, 0.6) is 0 Å². The number of hydrogen-bond acceptors (Lipinski definition) is 2. The Morgan fingerprint density at radius 2 is 0.589 bits per heavy atom. The molecule has 558 valence electrons. The third-order valence-electron chi connectivity index (χ3n) is 22.0. The highest BCUT2D eigenvalue weighted by molar-refractivity contribution is 7.25. The van der Waals surface area contributed by atoms with E-state index in [0.717, 1.165) is 25.0 Å². The molecule has 0 saturated heterocycles. The van der Waals surface area contributed by atoms with Gasteiger partial charge in [-0.25, -0.2) is 17.6 Å². The number of furan rings is 1. The number of rotatable bonds is 1. The molecule has 3 heterocycles. The van der Waals surface area contributed by atoms with Crippen LogP contribution in [0.1, 0.15) is 103 Å². The number of para-hydroxylation sites is 1. The van der Waals surface area contributed by atoms with Crippen molar-refractivity contribution in [2.24, 2.45) is 0 Å². The van der Waals surface area contributed by atoms with Gasteiger partial charge in [0.25, 0.3) is 0 Å². The van der Waals surface area contributed by atoms with Gasteiger partial charge in [0.2, 0.25) is 0 Å². The van der Waals surface area contributed by atoms with Crippen LogP contribution in [-0.2, 0) is 5.41 Å². The van der Waals surface area contributed by atoms with Gasteiger partial charge in [-0.3, -0.25) is 0 Å². The van der Waals surface area contributed by atoms with E-state index in [1.807, 2.05) is 11.3 Å². The number of hydrogen-bond donors (Lipinski definition) is 0. The summed E-state index contributed by atoms with van der Waals surface area (Å²) >= 11 is 1.89. The fourth-order valence-electron chi connectivity index (χ4n) is 15.8. The Hall–Kier alpha value is -11.9. The zero-order valence-corrected chi connectivity index (χ0v) is 67.6. The van der Waals surface area contributed by atoms with Gasteiger partial charge in [-0.05, 0) is 256 Å². The van der Waals surface area contributed by atoms with Gasteiger partial charge in [0.05, 0.1) is 11.0 Å². The predicted octanol–water partition coefficient (Wildman–Crippen LogP) is 31.0. The normalized spacial score (nSPS) is 11.8. The molecule has 1 aliphatic carbocycles. The molecule has 0 fully saturated rings. The summed E-state index contributed by atoms with van der Waals surface area (Å²) in [6.45, 7) is 32.4. The Morgan fingerprint density at radius 3 is 1.02 bits per heavy atom. The Labute approximate surface area is 658 Å². The van der Waals surface area contributed by atoms with E-state index in [-0.39, 0.29) is 5.41 Å². The summed E-state index contributed by atoms with van der Waals surface area (Å²) in [7, 11) is 0. The molecule has 0 radical (unpaired) electrons. The van der Waals surface area contributed by atoms with E-state index in [1.54, 1.807) is 0 Å². The standard InChI is InChI=1S/C20H17N.C17H18.2C16H14.C14H12O.C14H12S.C8H6F4/c1-14-9-11-19-18(12-14)17-10-8-15(2)13-20(17)21(19)16-6-4-3-5-7-16;1-11-5-7-13-14-8-6-12(2)10-16(14)17(3,4)15(13)9-11;1-11-3-7-15-13(9-11)5-6-14-10-12(2)4-8-16(14)15;1-11-13-7-3-5-9-15(13)12(2)16-10-6-4-8-14(11)16;2*1-9-3-5-11-12-6-4-10(2)8-14(12)15-13(11)7-9;1-3-5(9)7(11)4(2)8(12)6(3)10/h3-13H,1-2H3;5-10H,1-4H3;2*3-10H,1-2H3;2*3-8H,1-2H3;1-2H3. The number of halogens is 4.